The molecule has 3 aliphatic heterocycles. The molecular formula is C29H35N5O4. The highest BCUT2D eigenvalue weighted by Gasteiger charge is 2.52. The van der Waals surface area contributed by atoms with Crippen molar-refractivity contribution in [3.8, 4) is 0 Å². The molecule has 0 saturated carbocycles. The number of fused-ring (bicyclic) bond motifs is 1. The summed E-state index contributed by atoms with van der Waals surface area (Å²) in [6.07, 6.45) is 6.42. The van der Waals surface area contributed by atoms with Crippen LogP contribution in [0.3, 0.4) is 0 Å². The van der Waals surface area contributed by atoms with Crippen LogP contribution in [-0.4, -0.2) is 82.6 Å². The van der Waals surface area contributed by atoms with Gasteiger partial charge in [0.25, 0.3) is 11.8 Å². The van der Waals surface area contributed by atoms with E-state index in [1.807, 2.05) is 26.0 Å². The Hall–Kier alpha value is -3.75. The number of Topliss-reactive ketones (excluding diaryl/α,β-unsaturated/α-hetero) is 1. The van der Waals surface area contributed by atoms with Gasteiger partial charge in [-0.1, -0.05) is 13.8 Å². The minimum absolute atomic E-state index is 0.0303. The average Bonchev–Trinajstić information content (AvgIpc) is 3.67. The molecule has 4 heterocycles. The Morgan fingerprint density at radius 3 is 2.39 bits per heavy atom. The molecule has 3 fully saturated rings. The second kappa shape index (κ2) is 10.9. The van der Waals surface area contributed by atoms with Crippen LogP contribution in [0.15, 0.2) is 48.8 Å². The number of carbonyl (C=O) groups is 4. The standard InChI is InChI=1S/C29H35N5O4/c1-19(2)16-23(31-27(36)20-7-9-22(10-8-20)32-13-3-4-14-32)29(38)33-15-11-24-26(33)25(35)18-34(24)28(37)21-6-5-12-30-17-21/h5-10,12,17,19,23-24,26H,3-4,11,13-16,18H2,1-2H3,(H,31,36). The maximum Gasteiger partial charge on any atom is 0.256 e. The Bertz CT molecular complexity index is 1190. The molecule has 3 amide bonds. The number of hydrogen-bond donors (Lipinski definition) is 1. The third-order valence-corrected chi connectivity index (χ3v) is 7.79. The molecule has 0 radical (unpaired) electrons. The van der Waals surface area contributed by atoms with E-state index in [2.05, 4.69) is 15.2 Å². The minimum Gasteiger partial charge on any atom is -0.372 e. The van der Waals surface area contributed by atoms with Crippen LogP contribution in [0.25, 0.3) is 0 Å². The number of benzene rings is 1. The number of likely N-dealkylation sites (tertiary alicyclic amines) is 2. The average molecular weight is 518 g/mol. The molecule has 3 atom stereocenters. The molecule has 9 nitrogen and oxygen atoms in total. The SMILES string of the molecule is CC(C)CC(NC(=O)c1ccc(N2CCCC2)cc1)C(=O)N1CCC2C1C(=O)CN2C(=O)c1cccnc1. The fourth-order valence-electron chi connectivity index (χ4n) is 5.93. The molecule has 0 bridgehead atoms. The first-order valence-electron chi connectivity index (χ1n) is 13.5. The predicted molar refractivity (Wildman–Crippen MR) is 143 cm³/mol. The lowest BCUT2D eigenvalue weighted by Crippen LogP contribution is -2.53. The Kier molecular flexibility index (Phi) is 7.44. The predicted octanol–water partition coefficient (Wildman–Crippen LogP) is 2.52. The monoisotopic (exact) mass is 517 g/mol. The van der Waals surface area contributed by atoms with E-state index in [-0.39, 0.29) is 42.0 Å². The molecule has 9 heteroatoms. The number of anilines is 1. The number of carbonyl (C=O) groups excluding carboxylic acids is 4. The molecule has 1 N–H and O–H groups in total. The van der Waals surface area contributed by atoms with E-state index in [0.717, 1.165) is 18.8 Å². The highest BCUT2D eigenvalue weighted by molar-refractivity contribution is 6.03. The Labute approximate surface area is 223 Å². The third-order valence-electron chi connectivity index (χ3n) is 7.79. The van der Waals surface area contributed by atoms with E-state index >= 15 is 0 Å². The van der Waals surface area contributed by atoms with Gasteiger partial charge in [-0.25, -0.2) is 0 Å². The first-order chi connectivity index (χ1) is 18.3. The first-order valence-corrected chi connectivity index (χ1v) is 13.5. The number of ketones is 1. The van der Waals surface area contributed by atoms with E-state index in [4.69, 9.17) is 0 Å². The Morgan fingerprint density at radius 2 is 1.74 bits per heavy atom. The van der Waals surface area contributed by atoms with Gasteiger partial charge in [0, 0.05) is 43.3 Å². The molecule has 1 aromatic carbocycles. The summed E-state index contributed by atoms with van der Waals surface area (Å²) < 4.78 is 0. The zero-order chi connectivity index (χ0) is 26.8. The zero-order valence-electron chi connectivity index (χ0n) is 22.0. The van der Waals surface area contributed by atoms with Gasteiger partial charge in [0.05, 0.1) is 18.2 Å². The molecule has 3 aliphatic rings. The fraction of sp³-hybridized carbons (Fsp3) is 0.483. The van der Waals surface area contributed by atoms with Gasteiger partial charge in [0.1, 0.15) is 12.1 Å². The third kappa shape index (κ3) is 5.14. The van der Waals surface area contributed by atoms with Gasteiger partial charge in [-0.3, -0.25) is 24.2 Å². The molecule has 2 aromatic rings. The molecule has 0 spiro atoms. The van der Waals surface area contributed by atoms with Crippen LogP contribution in [0.4, 0.5) is 5.69 Å². The van der Waals surface area contributed by atoms with Gasteiger partial charge >= 0.3 is 0 Å². The summed E-state index contributed by atoms with van der Waals surface area (Å²) in [6.45, 7) is 6.39. The van der Waals surface area contributed by atoms with Crippen molar-refractivity contribution in [1.29, 1.82) is 0 Å². The number of nitrogens with zero attached hydrogens (tertiary/aromatic N) is 4. The summed E-state index contributed by atoms with van der Waals surface area (Å²) in [5.74, 6) is -0.817. The molecule has 1 aromatic heterocycles. The lowest BCUT2D eigenvalue weighted by atomic mass is 10.0. The molecular weight excluding hydrogens is 482 g/mol. The normalized spacial score (nSPS) is 21.7. The lowest BCUT2D eigenvalue weighted by molar-refractivity contribution is -0.138. The number of pyridine rings is 1. The van der Waals surface area contributed by atoms with Crippen molar-refractivity contribution in [3.63, 3.8) is 0 Å². The van der Waals surface area contributed by atoms with E-state index < -0.39 is 12.1 Å². The van der Waals surface area contributed by atoms with Gasteiger partial charge in [-0.05, 0) is 68.0 Å². The van der Waals surface area contributed by atoms with E-state index in [1.54, 1.807) is 40.3 Å². The van der Waals surface area contributed by atoms with Gasteiger partial charge in [-0.15, -0.1) is 0 Å². The van der Waals surface area contributed by atoms with Crippen molar-refractivity contribution >= 4 is 29.2 Å². The maximum atomic E-state index is 13.7. The van der Waals surface area contributed by atoms with Crippen LogP contribution >= 0.6 is 0 Å². The van der Waals surface area contributed by atoms with Gasteiger partial charge in [0.15, 0.2) is 5.78 Å². The van der Waals surface area contributed by atoms with Crippen molar-refractivity contribution in [3.05, 3.63) is 59.9 Å². The van der Waals surface area contributed by atoms with E-state index in [9.17, 15) is 19.2 Å². The van der Waals surface area contributed by atoms with Crippen LogP contribution in [0.2, 0.25) is 0 Å². The summed E-state index contributed by atoms with van der Waals surface area (Å²) in [6, 6.07) is 9.06. The molecule has 0 aliphatic carbocycles. The van der Waals surface area contributed by atoms with Crippen molar-refractivity contribution in [2.24, 2.45) is 5.92 Å². The van der Waals surface area contributed by atoms with Gasteiger partial charge in [0.2, 0.25) is 5.91 Å². The van der Waals surface area contributed by atoms with Crippen LogP contribution in [-0.2, 0) is 9.59 Å². The summed E-state index contributed by atoms with van der Waals surface area (Å²) in [5.41, 5.74) is 2.02. The molecule has 5 rings (SSSR count). The zero-order valence-corrected chi connectivity index (χ0v) is 22.0. The molecule has 3 saturated heterocycles. The molecule has 38 heavy (non-hydrogen) atoms. The smallest absolute Gasteiger partial charge is 0.256 e. The van der Waals surface area contributed by atoms with Crippen LogP contribution in [0.1, 0.15) is 60.2 Å². The topological polar surface area (TPSA) is 103 Å². The van der Waals surface area contributed by atoms with Crippen LogP contribution < -0.4 is 10.2 Å². The highest BCUT2D eigenvalue weighted by atomic mass is 16.2. The van der Waals surface area contributed by atoms with Crippen LogP contribution in [0, 0.1) is 5.92 Å². The van der Waals surface area contributed by atoms with Crippen molar-refractivity contribution in [2.45, 2.75) is 57.7 Å². The van der Waals surface area contributed by atoms with Gasteiger partial charge in [-0.2, -0.15) is 0 Å². The van der Waals surface area contributed by atoms with Crippen molar-refractivity contribution < 1.29 is 19.2 Å². The number of aromatic nitrogens is 1. The minimum atomic E-state index is -0.754. The summed E-state index contributed by atoms with van der Waals surface area (Å²) in [7, 11) is 0. The summed E-state index contributed by atoms with van der Waals surface area (Å²) in [5, 5.41) is 2.94. The van der Waals surface area contributed by atoms with E-state index in [0.29, 0.717) is 30.5 Å². The number of amides is 3. The molecule has 3 unspecified atom stereocenters. The summed E-state index contributed by atoms with van der Waals surface area (Å²) in [4.78, 5) is 62.5. The van der Waals surface area contributed by atoms with E-state index in [1.165, 1.54) is 19.0 Å². The van der Waals surface area contributed by atoms with Crippen molar-refractivity contribution in [2.75, 3.05) is 31.1 Å². The van der Waals surface area contributed by atoms with Crippen molar-refractivity contribution in [1.82, 2.24) is 20.1 Å². The summed E-state index contributed by atoms with van der Waals surface area (Å²) >= 11 is 0. The maximum absolute atomic E-state index is 13.7. The number of hydrogen-bond acceptors (Lipinski definition) is 6. The van der Waals surface area contributed by atoms with Gasteiger partial charge < -0.3 is 20.0 Å². The van der Waals surface area contributed by atoms with Crippen LogP contribution in [0.5, 0.6) is 0 Å². The fourth-order valence-corrected chi connectivity index (χ4v) is 5.93. The highest BCUT2D eigenvalue weighted by Crippen LogP contribution is 2.32. The second-order valence-electron chi connectivity index (χ2n) is 10.9. The Balaban J connectivity index is 1.29. The quantitative estimate of drug-likeness (QED) is 0.606. The Morgan fingerprint density at radius 1 is 1.00 bits per heavy atom. The first kappa shape index (κ1) is 25.9. The number of nitrogens with one attached hydrogen (secondary N) is 1. The molecule has 200 valence electrons. The largest absolute Gasteiger partial charge is 0.372 e. The number of rotatable bonds is 7. The second-order valence-corrected chi connectivity index (χ2v) is 10.9. The lowest BCUT2D eigenvalue weighted by Gasteiger charge is -2.29.